The molecule has 7 N–H and O–H groups in total. The van der Waals surface area contributed by atoms with Gasteiger partial charge in [0.25, 0.3) is 30.4 Å². The number of nitrogens with zero attached hydrogens (tertiary/aromatic N) is 2. The number of phenolic OH excluding ortho intramolecular Hbond substituents is 2. The van der Waals surface area contributed by atoms with Gasteiger partial charge in [-0.1, -0.05) is 0 Å². The maximum absolute atomic E-state index is 11.9. The number of nitrogen functional groups attached to an aromatic ring is 1. The van der Waals surface area contributed by atoms with Crippen LogP contribution in [0.2, 0.25) is 0 Å². The summed E-state index contributed by atoms with van der Waals surface area (Å²) >= 11 is 0. The molecular formula is C16H13N3O11S3. The molecular weight excluding hydrogens is 506 g/mol. The van der Waals surface area contributed by atoms with E-state index in [0.717, 1.165) is 24.3 Å². The van der Waals surface area contributed by atoms with Crippen molar-refractivity contribution in [2.45, 2.75) is 14.7 Å². The molecule has 0 bridgehead atoms. The normalized spacial score (nSPS) is 13.1. The first-order chi connectivity index (χ1) is 15.0. The van der Waals surface area contributed by atoms with Crippen molar-refractivity contribution in [3.05, 3.63) is 36.4 Å². The summed E-state index contributed by atoms with van der Waals surface area (Å²) in [5, 5.41) is 26.4. The molecule has 0 aromatic heterocycles. The molecule has 3 aromatic rings. The molecule has 14 nitrogen and oxygen atoms in total. The number of benzene rings is 3. The second kappa shape index (κ2) is 7.90. The molecule has 0 radical (unpaired) electrons. The van der Waals surface area contributed by atoms with Crippen molar-refractivity contribution in [1.29, 1.82) is 0 Å². The highest BCUT2D eigenvalue weighted by molar-refractivity contribution is 7.86. The van der Waals surface area contributed by atoms with Gasteiger partial charge < -0.3 is 15.9 Å². The molecule has 0 aliphatic rings. The van der Waals surface area contributed by atoms with Crippen LogP contribution in [0.4, 0.5) is 17.1 Å². The summed E-state index contributed by atoms with van der Waals surface area (Å²) in [5.41, 5.74) is 3.55. The van der Waals surface area contributed by atoms with Crippen LogP contribution in [-0.2, 0) is 30.4 Å². The van der Waals surface area contributed by atoms with Crippen LogP contribution in [0.5, 0.6) is 11.5 Å². The van der Waals surface area contributed by atoms with Crippen LogP contribution in [0.15, 0.2) is 61.3 Å². The first kappa shape index (κ1) is 24.3. The smallest absolute Gasteiger partial charge is 0.297 e. The molecule has 176 valence electrons. The van der Waals surface area contributed by atoms with Gasteiger partial charge in [0.15, 0.2) is 5.75 Å². The van der Waals surface area contributed by atoms with Crippen molar-refractivity contribution in [1.82, 2.24) is 0 Å². The van der Waals surface area contributed by atoms with E-state index in [1.807, 2.05) is 0 Å². The number of fused-ring (bicyclic) bond motifs is 1. The Morgan fingerprint density at radius 2 is 1.36 bits per heavy atom. The second-order valence-corrected chi connectivity index (χ2v) is 10.6. The molecule has 0 heterocycles. The first-order valence-electron chi connectivity index (χ1n) is 8.27. The van der Waals surface area contributed by atoms with Crippen molar-refractivity contribution in [2.24, 2.45) is 10.2 Å². The van der Waals surface area contributed by atoms with Crippen LogP contribution < -0.4 is 5.73 Å². The fourth-order valence-corrected chi connectivity index (χ4v) is 4.80. The second-order valence-electron chi connectivity index (χ2n) is 6.43. The molecule has 3 rings (SSSR count). The van der Waals surface area contributed by atoms with Crippen molar-refractivity contribution >= 4 is 58.2 Å². The molecule has 0 spiro atoms. The third-order valence-corrected chi connectivity index (χ3v) is 6.94. The molecule has 0 fully saturated rings. The summed E-state index contributed by atoms with van der Waals surface area (Å²) in [6.07, 6.45) is 0. The van der Waals surface area contributed by atoms with Gasteiger partial charge in [-0.25, -0.2) is 0 Å². The van der Waals surface area contributed by atoms with Crippen molar-refractivity contribution in [2.75, 3.05) is 5.73 Å². The highest BCUT2D eigenvalue weighted by atomic mass is 32.2. The van der Waals surface area contributed by atoms with E-state index in [-0.39, 0.29) is 5.39 Å². The maximum Gasteiger partial charge on any atom is 0.297 e. The fraction of sp³-hybridized carbons (Fsp3) is 0. The molecule has 17 heteroatoms. The van der Waals surface area contributed by atoms with E-state index in [4.69, 9.17) is 10.3 Å². The summed E-state index contributed by atoms with van der Waals surface area (Å²) in [6, 6.07) is 4.96. The van der Waals surface area contributed by atoms with Gasteiger partial charge in [-0.05, 0) is 36.4 Å². The molecule has 0 saturated heterocycles. The zero-order valence-corrected chi connectivity index (χ0v) is 18.3. The van der Waals surface area contributed by atoms with E-state index in [1.54, 1.807) is 0 Å². The minimum atomic E-state index is -5.20. The maximum atomic E-state index is 11.9. The van der Waals surface area contributed by atoms with Crippen LogP contribution in [0.3, 0.4) is 0 Å². The Morgan fingerprint density at radius 3 is 1.91 bits per heavy atom. The van der Waals surface area contributed by atoms with Gasteiger partial charge >= 0.3 is 0 Å². The SMILES string of the molecule is Nc1ccc2c(O)c(N=Nc3cc(S(=O)(=O)O)ccc3O)c(S(=O)(=O)O)cc2c1S(=O)(=O)O. The Morgan fingerprint density at radius 1 is 0.727 bits per heavy atom. The number of azo groups is 1. The van der Waals surface area contributed by atoms with Crippen LogP contribution >= 0.6 is 0 Å². The van der Waals surface area contributed by atoms with Crippen molar-refractivity contribution in [3.8, 4) is 11.5 Å². The molecule has 0 saturated carbocycles. The predicted octanol–water partition coefficient (Wildman–Crippen LogP) is 1.99. The number of hydrogen-bond acceptors (Lipinski definition) is 11. The third kappa shape index (κ3) is 4.72. The Hall–Kier alpha value is -3.35. The number of nitrogens with two attached hydrogens (primary N) is 1. The first-order valence-corrected chi connectivity index (χ1v) is 12.6. The summed E-state index contributed by atoms with van der Waals surface area (Å²) in [7, 11) is -14.9. The van der Waals surface area contributed by atoms with Gasteiger partial charge in [-0.15, -0.1) is 10.2 Å². The number of rotatable bonds is 5. The topological polar surface area (TPSA) is 254 Å². The summed E-state index contributed by atoms with van der Waals surface area (Å²) in [6.45, 7) is 0. The van der Waals surface area contributed by atoms with Gasteiger partial charge in [-0.2, -0.15) is 25.3 Å². The Labute approximate surface area is 185 Å². The average molecular weight is 519 g/mol. The lowest BCUT2D eigenvalue weighted by atomic mass is 10.1. The minimum Gasteiger partial charge on any atom is -0.506 e. The Bertz CT molecular complexity index is 1660. The van der Waals surface area contributed by atoms with E-state index in [0.29, 0.717) is 12.1 Å². The quantitative estimate of drug-likeness (QED) is 0.161. The fourth-order valence-electron chi connectivity index (χ4n) is 2.84. The van der Waals surface area contributed by atoms with Gasteiger partial charge in [-0.3, -0.25) is 13.7 Å². The molecule has 33 heavy (non-hydrogen) atoms. The zero-order chi connectivity index (χ0) is 24.9. The Kier molecular flexibility index (Phi) is 5.82. The lowest BCUT2D eigenvalue weighted by Gasteiger charge is -2.12. The van der Waals surface area contributed by atoms with Crippen LogP contribution in [0, 0.1) is 0 Å². The van der Waals surface area contributed by atoms with Gasteiger partial charge in [0, 0.05) is 10.8 Å². The highest BCUT2D eigenvalue weighted by Crippen LogP contribution is 2.44. The monoisotopic (exact) mass is 519 g/mol. The molecule has 3 aromatic carbocycles. The predicted molar refractivity (Wildman–Crippen MR) is 112 cm³/mol. The zero-order valence-electron chi connectivity index (χ0n) is 15.8. The molecule has 0 unspecified atom stereocenters. The average Bonchev–Trinajstić information content (AvgIpc) is 2.65. The molecule has 0 aliphatic heterocycles. The summed E-state index contributed by atoms with van der Waals surface area (Å²) < 4.78 is 97.9. The minimum absolute atomic E-state index is 0.367. The van der Waals surface area contributed by atoms with Crippen LogP contribution in [0.1, 0.15) is 0 Å². The largest absolute Gasteiger partial charge is 0.506 e. The Balaban J connectivity index is 2.37. The molecule has 0 atom stereocenters. The number of phenols is 2. The van der Waals surface area contributed by atoms with Crippen molar-refractivity contribution < 1.29 is 49.1 Å². The van der Waals surface area contributed by atoms with E-state index in [1.165, 1.54) is 0 Å². The number of anilines is 1. The standard InChI is InChI=1S/C16H13N3O11S3/c17-10-3-2-8-9(16(10)33(28,29)30)6-13(32(25,26)27)14(15(8)21)19-18-11-5-7(31(22,23)24)1-4-12(11)20/h1-6,20-21H,17H2,(H,22,23,24)(H,25,26,27)(H,28,29,30). The third-order valence-electron chi connectivity index (χ3n) is 4.25. The lowest BCUT2D eigenvalue weighted by Crippen LogP contribution is -2.06. The van der Waals surface area contributed by atoms with E-state index >= 15 is 0 Å². The van der Waals surface area contributed by atoms with Gasteiger partial charge in [0.1, 0.15) is 26.9 Å². The van der Waals surface area contributed by atoms with E-state index in [2.05, 4.69) is 10.2 Å². The summed E-state index contributed by atoms with van der Waals surface area (Å²) in [4.78, 5) is -2.79. The van der Waals surface area contributed by atoms with Crippen LogP contribution in [0.25, 0.3) is 10.8 Å². The number of hydrogen-bond donors (Lipinski definition) is 6. The lowest BCUT2D eigenvalue weighted by molar-refractivity contribution is 0.470. The van der Waals surface area contributed by atoms with Gasteiger partial charge in [0.05, 0.1) is 10.6 Å². The van der Waals surface area contributed by atoms with Crippen molar-refractivity contribution in [3.63, 3.8) is 0 Å². The van der Waals surface area contributed by atoms with Crippen LogP contribution in [-0.4, -0.2) is 49.1 Å². The van der Waals surface area contributed by atoms with E-state index < -0.39 is 79.0 Å². The van der Waals surface area contributed by atoms with Gasteiger partial charge in [0.2, 0.25) is 0 Å². The molecule has 0 aliphatic carbocycles. The summed E-state index contributed by atoms with van der Waals surface area (Å²) in [5.74, 6) is -1.67. The van der Waals surface area contributed by atoms with E-state index in [9.17, 15) is 44.6 Å². The molecule has 0 amide bonds. The highest BCUT2D eigenvalue weighted by Gasteiger charge is 2.27. The number of aromatic hydroxyl groups is 2.